The van der Waals surface area contributed by atoms with Crippen LogP contribution in [0.4, 0.5) is 5.69 Å². The Morgan fingerprint density at radius 3 is 2.67 bits per heavy atom. The van der Waals surface area contributed by atoms with Crippen LogP contribution in [-0.2, 0) is 14.8 Å². The summed E-state index contributed by atoms with van der Waals surface area (Å²) < 4.78 is 32.1. The molecule has 1 heterocycles. The van der Waals surface area contributed by atoms with Gasteiger partial charge in [0.15, 0.2) is 0 Å². The molecule has 0 saturated heterocycles. The fourth-order valence-electron chi connectivity index (χ4n) is 2.43. The zero-order chi connectivity index (χ0) is 19.4. The minimum absolute atomic E-state index is 0.0478. The number of aliphatic hydroxyl groups excluding tert-OH is 1. The van der Waals surface area contributed by atoms with Gasteiger partial charge in [-0.25, -0.2) is 8.42 Å². The minimum atomic E-state index is -4.00. The van der Waals surface area contributed by atoms with Crippen LogP contribution in [0.2, 0.25) is 0 Å². The molecule has 0 unspecified atom stereocenters. The molecule has 1 aromatic heterocycles. The van der Waals surface area contributed by atoms with Crippen molar-refractivity contribution < 1.29 is 23.1 Å². The highest BCUT2D eigenvalue weighted by Gasteiger charge is 2.25. The standard InChI is InChI=1S/C17H18N4O5S/c1-26-13-4-6-14(7-5-13)27(24,25)21-16(10-22)17(23)19-12-3-2-11-9-18-20-15(11)8-12/h2-9,16,21-22H,10H2,1H3,(H,18,20)(H,19,23)/t16-/m0/s1. The molecule has 4 N–H and O–H groups in total. The zero-order valence-corrected chi connectivity index (χ0v) is 15.2. The summed E-state index contributed by atoms with van der Waals surface area (Å²) in [7, 11) is -2.54. The lowest BCUT2D eigenvalue weighted by molar-refractivity contribution is -0.118. The molecule has 3 aromatic rings. The topological polar surface area (TPSA) is 133 Å². The average molecular weight is 390 g/mol. The molecule has 0 fully saturated rings. The first-order chi connectivity index (χ1) is 12.9. The number of aromatic amines is 1. The fourth-order valence-corrected chi connectivity index (χ4v) is 3.61. The van der Waals surface area contributed by atoms with E-state index in [-0.39, 0.29) is 4.90 Å². The van der Waals surface area contributed by atoms with Crippen LogP contribution in [0.1, 0.15) is 0 Å². The zero-order valence-electron chi connectivity index (χ0n) is 14.3. The number of fused-ring (bicyclic) bond motifs is 1. The lowest BCUT2D eigenvalue weighted by atomic mass is 10.2. The smallest absolute Gasteiger partial charge is 0.244 e. The number of nitrogens with zero attached hydrogens (tertiary/aromatic N) is 1. The van der Waals surface area contributed by atoms with Gasteiger partial charge < -0.3 is 15.2 Å². The molecule has 2 aromatic carbocycles. The van der Waals surface area contributed by atoms with Crippen molar-refractivity contribution in [2.24, 2.45) is 0 Å². The molecule has 0 radical (unpaired) electrons. The van der Waals surface area contributed by atoms with E-state index in [1.165, 1.54) is 31.4 Å². The van der Waals surface area contributed by atoms with E-state index in [4.69, 9.17) is 4.74 Å². The van der Waals surface area contributed by atoms with Gasteiger partial charge in [0.2, 0.25) is 15.9 Å². The molecule has 0 aliphatic carbocycles. The number of rotatable bonds is 7. The highest BCUT2D eigenvalue weighted by Crippen LogP contribution is 2.18. The van der Waals surface area contributed by atoms with E-state index >= 15 is 0 Å². The van der Waals surface area contributed by atoms with Crippen LogP contribution >= 0.6 is 0 Å². The second kappa shape index (κ2) is 7.74. The summed E-state index contributed by atoms with van der Waals surface area (Å²) in [6.07, 6.45) is 1.64. The lowest BCUT2D eigenvalue weighted by Gasteiger charge is -2.16. The van der Waals surface area contributed by atoms with Gasteiger partial charge >= 0.3 is 0 Å². The molecule has 1 atom stereocenters. The summed E-state index contributed by atoms with van der Waals surface area (Å²) in [5.74, 6) is -0.187. The van der Waals surface area contributed by atoms with Crippen LogP contribution in [0.25, 0.3) is 10.9 Å². The molecular formula is C17H18N4O5S. The Kier molecular flexibility index (Phi) is 5.40. The Balaban J connectivity index is 1.73. The van der Waals surface area contributed by atoms with Gasteiger partial charge in [0, 0.05) is 11.1 Å². The summed E-state index contributed by atoms with van der Waals surface area (Å²) in [4.78, 5) is 12.3. The van der Waals surface area contributed by atoms with E-state index < -0.39 is 28.6 Å². The molecule has 0 aliphatic rings. The molecule has 9 nitrogen and oxygen atoms in total. The van der Waals surface area contributed by atoms with Crippen molar-refractivity contribution in [3.05, 3.63) is 48.7 Å². The first-order valence-corrected chi connectivity index (χ1v) is 9.42. The highest BCUT2D eigenvalue weighted by atomic mass is 32.2. The lowest BCUT2D eigenvalue weighted by Crippen LogP contribution is -2.46. The number of amides is 1. The van der Waals surface area contributed by atoms with Crippen molar-refractivity contribution in [1.29, 1.82) is 0 Å². The summed E-state index contributed by atoms with van der Waals surface area (Å²) in [5.41, 5.74) is 1.16. The number of sulfonamides is 1. The third kappa shape index (κ3) is 4.25. The Morgan fingerprint density at radius 1 is 1.26 bits per heavy atom. The van der Waals surface area contributed by atoms with Crippen molar-refractivity contribution in [3.8, 4) is 5.75 Å². The first-order valence-electron chi connectivity index (χ1n) is 7.94. The Hall–Kier alpha value is -2.95. The SMILES string of the molecule is COc1ccc(S(=O)(=O)N[C@@H](CO)C(=O)Nc2ccc3cn[nH]c3c2)cc1. The number of benzene rings is 2. The molecule has 0 aliphatic heterocycles. The Labute approximate surface area is 155 Å². The summed E-state index contributed by atoms with van der Waals surface area (Å²) >= 11 is 0. The van der Waals surface area contributed by atoms with E-state index in [9.17, 15) is 18.3 Å². The average Bonchev–Trinajstić information content (AvgIpc) is 3.14. The number of aromatic nitrogens is 2. The van der Waals surface area contributed by atoms with Crippen LogP contribution in [0, 0.1) is 0 Å². The molecule has 0 bridgehead atoms. The number of H-pyrrole nitrogens is 1. The minimum Gasteiger partial charge on any atom is -0.497 e. The number of hydrogen-bond donors (Lipinski definition) is 4. The van der Waals surface area contributed by atoms with Crippen LogP contribution in [-0.4, -0.2) is 49.4 Å². The van der Waals surface area contributed by atoms with Crippen molar-refractivity contribution in [2.75, 3.05) is 19.0 Å². The van der Waals surface area contributed by atoms with Gasteiger partial charge in [0.1, 0.15) is 11.8 Å². The van der Waals surface area contributed by atoms with E-state index in [0.717, 1.165) is 5.39 Å². The number of nitrogens with one attached hydrogen (secondary N) is 3. The van der Waals surface area contributed by atoms with Crippen molar-refractivity contribution in [2.45, 2.75) is 10.9 Å². The number of ether oxygens (including phenoxy) is 1. The monoisotopic (exact) mass is 390 g/mol. The van der Waals surface area contributed by atoms with Crippen LogP contribution in [0.15, 0.2) is 53.6 Å². The number of carbonyl (C=O) groups excluding carboxylic acids is 1. The molecule has 0 saturated carbocycles. The molecule has 27 heavy (non-hydrogen) atoms. The van der Waals surface area contributed by atoms with Crippen LogP contribution < -0.4 is 14.8 Å². The second-order valence-corrected chi connectivity index (χ2v) is 7.41. The summed E-state index contributed by atoms with van der Waals surface area (Å²) in [6.45, 7) is -0.701. The summed E-state index contributed by atoms with van der Waals surface area (Å²) in [5, 5.41) is 19.6. The molecule has 10 heteroatoms. The summed E-state index contributed by atoms with van der Waals surface area (Å²) in [6, 6.07) is 9.39. The number of anilines is 1. The normalized spacial score (nSPS) is 12.7. The molecule has 3 rings (SSSR count). The van der Waals surface area contributed by atoms with E-state index in [1.54, 1.807) is 24.4 Å². The van der Waals surface area contributed by atoms with E-state index in [0.29, 0.717) is 17.0 Å². The van der Waals surface area contributed by atoms with Crippen LogP contribution in [0.3, 0.4) is 0 Å². The van der Waals surface area contributed by atoms with Gasteiger partial charge in [0.25, 0.3) is 0 Å². The van der Waals surface area contributed by atoms with Gasteiger partial charge in [-0.2, -0.15) is 9.82 Å². The maximum absolute atomic E-state index is 12.4. The molecular weight excluding hydrogens is 372 g/mol. The Morgan fingerprint density at radius 2 is 2.00 bits per heavy atom. The predicted molar refractivity (Wildman–Crippen MR) is 98.9 cm³/mol. The van der Waals surface area contributed by atoms with Gasteiger partial charge in [0.05, 0.1) is 30.3 Å². The van der Waals surface area contributed by atoms with Crippen molar-refractivity contribution >= 4 is 32.5 Å². The van der Waals surface area contributed by atoms with Crippen molar-refractivity contribution in [3.63, 3.8) is 0 Å². The van der Waals surface area contributed by atoms with Gasteiger partial charge in [-0.3, -0.25) is 9.89 Å². The third-order valence-electron chi connectivity index (χ3n) is 3.88. The number of carbonyl (C=O) groups is 1. The molecule has 0 spiro atoms. The van der Waals surface area contributed by atoms with Gasteiger partial charge in [-0.1, -0.05) is 0 Å². The largest absolute Gasteiger partial charge is 0.497 e. The second-order valence-electron chi connectivity index (χ2n) is 5.69. The molecule has 142 valence electrons. The van der Waals surface area contributed by atoms with Crippen LogP contribution in [0.5, 0.6) is 5.75 Å². The van der Waals surface area contributed by atoms with Gasteiger partial charge in [-0.15, -0.1) is 0 Å². The maximum atomic E-state index is 12.4. The predicted octanol–water partition coefficient (Wildman–Crippen LogP) is 0.849. The highest BCUT2D eigenvalue weighted by molar-refractivity contribution is 7.89. The van der Waals surface area contributed by atoms with Gasteiger partial charge in [-0.05, 0) is 42.5 Å². The number of aliphatic hydroxyl groups is 1. The third-order valence-corrected chi connectivity index (χ3v) is 5.36. The number of hydrogen-bond acceptors (Lipinski definition) is 6. The van der Waals surface area contributed by atoms with E-state index in [1.807, 2.05) is 0 Å². The first kappa shape index (κ1) is 18.8. The Bertz CT molecular complexity index is 1050. The maximum Gasteiger partial charge on any atom is 0.244 e. The quantitative estimate of drug-likeness (QED) is 0.473. The fraction of sp³-hybridized carbons (Fsp3) is 0.176. The van der Waals surface area contributed by atoms with E-state index in [2.05, 4.69) is 20.2 Å². The molecule has 1 amide bonds. The van der Waals surface area contributed by atoms with Crippen molar-refractivity contribution in [1.82, 2.24) is 14.9 Å². The number of methoxy groups -OCH3 is 1.